The van der Waals surface area contributed by atoms with Crippen molar-refractivity contribution in [1.29, 1.82) is 0 Å². The van der Waals surface area contributed by atoms with Gasteiger partial charge in [0.2, 0.25) is 5.91 Å². The summed E-state index contributed by atoms with van der Waals surface area (Å²) in [6, 6.07) is 9.81. The summed E-state index contributed by atoms with van der Waals surface area (Å²) >= 11 is 5.85. The number of benzene rings is 2. The molecule has 2 rings (SSSR count). The average molecular weight is 310 g/mol. The molecule has 110 valence electrons. The highest BCUT2D eigenvalue weighted by atomic mass is 35.5. The standard InChI is InChI=1S/C16H14ClF2NO/c1-10(11-2-4-12(18)5-3-11)8-16(21)20-15-7-6-13(19)9-14(15)17/h2-7,9-10H,8H2,1H3,(H,20,21). The fraction of sp³-hybridized carbons (Fsp3) is 0.188. The molecular weight excluding hydrogens is 296 g/mol. The van der Waals surface area contributed by atoms with Crippen LogP contribution in [0.15, 0.2) is 42.5 Å². The molecule has 0 radical (unpaired) electrons. The number of amides is 1. The molecular formula is C16H14ClF2NO. The summed E-state index contributed by atoms with van der Waals surface area (Å²) in [5, 5.41) is 2.79. The van der Waals surface area contributed by atoms with Gasteiger partial charge in [-0.25, -0.2) is 8.78 Å². The van der Waals surface area contributed by atoms with Crippen LogP contribution in [0.1, 0.15) is 24.8 Å². The van der Waals surface area contributed by atoms with E-state index in [1.807, 2.05) is 6.92 Å². The lowest BCUT2D eigenvalue weighted by atomic mass is 9.97. The number of carbonyl (C=O) groups excluding carboxylic acids is 1. The van der Waals surface area contributed by atoms with E-state index in [0.29, 0.717) is 5.69 Å². The van der Waals surface area contributed by atoms with Crippen LogP contribution in [0.5, 0.6) is 0 Å². The molecule has 0 aliphatic rings. The fourth-order valence-electron chi connectivity index (χ4n) is 1.98. The third kappa shape index (κ3) is 4.26. The normalized spacial score (nSPS) is 12.0. The molecule has 0 bridgehead atoms. The summed E-state index contributed by atoms with van der Waals surface area (Å²) in [6.07, 6.45) is 0.222. The van der Waals surface area contributed by atoms with E-state index in [-0.39, 0.29) is 29.1 Å². The summed E-state index contributed by atoms with van der Waals surface area (Å²) in [5.74, 6) is -1.07. The van der Waals surface area contributed by atoms with Gasteiger partial charge in [-0.2, -0.15) is 0 Å². The topological polar surface area (TPSA) is 29.1 Å². The van der Waals surface area contributed by atoms with Gasteiger partial charge in [-0.05, 0) is 41.8 Å². The van der Waals surface area contributed by atoms with Gasteiger partial charge in [0, 0.05) is 6.42 Å². The van der Waals surface area contributed by atoms with Crippen LogP contribution in [0.25, 0.3) is 0 Å². The molecule has 0 heterocycles. The lowest BCUT2D eigenvalue weighted by Crippen LogP contribution is -2.14. The molecule has 5 heteroatoms. The zero-order valence-corrected chi connectivity index (χ0v) is 12.1. The molecule has 2 aromatic rings. The van der Waals surface area contributed by atoms with Gasteiger partial charge in [0.15, 0.2) is 0 Å². The van der Waals surface area contributed by atoms with Gasteiger partial charge >= 0.3 is 0 Å². The minimum atomic E-state index is -0.460. The fourth-order valence-corrected chi connectivity index (χ4v) is 2.19. The van der Waals surface area contributed by atoms with E-state index < -0.39 is 5.82 Å². The zero-order chi connectivity index (χ0) is 15.4. The first-order valence-corrected chi connectivity index (χ1v) is 6.84. The van der Waals surface area contributed by atoms with E-state index in [1.165, 1.54) is 24.3 Å². The smallest absolute Gasteiger partial charge is 0.225 e. The number of rotatable bonds is 4. The number of hydrogen-bond acceptors (Lipinski definition) is 1. The Hall–Kier alpha value is -1.94. The molecule has 0 aromatic heterocycles. The molecule has 0 fully saturated rings. The molecule has 1 unspecified atom stereocenters. The molecule has 1 N–H and O–H groups in total. The van der Waals surface area contributed by atoms with Gasteiger partial charge in [-0.3, -0.25) is 4.79 Å². The van der Waals surface area contributed by atoms with Crippen LogP contribution in [0, 0.1) is 11.6 Å². The molecule has 21 heavy (non-hydrogen) atoms. The number of nitrogens with one attached hydrogen (secondary N) is 1. The molecule has 2 aromatic carbocycles. The van der Waals surface area contributed by atoms with E-state index in [4.69, 9.17) is 11.6 Å². The first-order chi connectivity index (χ1) is 9.95. The van der Waals surface area contributed by atoms with E-state index >= 15 is 0 Å². The van der Waals surface area contributed by atoms with Gasteiger partial charge in [0.1, 0.15) is 11.6 Å². The summed E-state index contributed by atoms with van der Waals surface area (Å²) in [7, 11) is 0. The molecule has 0 saturated heterocycles. The first kappa shape index (κ1) is 15.4. The molecule has 1 atom stereocenters. The van der Waals surface area contributed by atoms with Crippen LogP contribution < -0.4 is 5.32 Å². The van der Waals surface area contributed by atoms with Gasteiger partial charge in [-0.1, -0.05) is 30.7 Å². The molecule has 2 nitrogen and oxygen atoms in total. The Morgan fingerprint density at radius 1 is 1.14 bits per heavy atom. The van der Waals surface area contributed by atoms with Crippen molar-refractivity contribution in [2.45, 2.75) is 19.3 Å². The highest BCUT2D eigenvalue weighted by Crippen LogP contribution is 2.24. The van der Waals surface area contributed by atoms with Crippen LogP contribution in [-0.2, 0) is 4.79 Å². The Labute approximate surface area is 126 Å². The molecule has 0 spiro atoms. The largest absolute Gasteiger partial charge is 0.325 e. The van der Waals surface area contributed by atoms with Crippen molar-refractivity contribution in [2.75, 3.05) is 5.32 Å². The Kier molecular flexibility index (Phi) is 4.91. The lowest BCUT2D eigenvalue weighted by Gasteiger charge is -2.13. The maximum Gasteiger partial charge on any atom is 0.225 e. The molecule has 0 aliphatic heterocycles. The second kappa shape index (κ2) is 6.68. The van der Waals surface area contributed by atoms with Crippen molar-refractivity contribution in [2.24, 2.45) is 0 Å². The third-order valence-electron chi connectivity index (χ3n) is 3.14. The third-order valence-corrected chi connectivity index (χ3v) is 3.45. The number of halogens is 3. The SMILES string of the molecule is CC(CC(=O)Nc1ccc(F)cc1Cl)c1ccc(F)cc1. The first-order valence-electron chi connectivity index (χ1n) is 6.46. The van der Waals surface area contributed by atoms with Crippen LogP contribution >= 0.6 is 11.6 Å². The lowest BCUT2D eigenvalue weighted by molar-refractivity contribution is -0.116. The predicted octanol–water partition coefficient (Wildman–Crippen LogP) is 4.75. The monoisotopic (exact) mass is 309 g/mol. The minimum Gasteiger partial charge on any atom is -0.325 e. The van der Waals surface area contributed by atoms with Gasteiger partial charge in [-0.15, -0.1) is 0 Å². The number of carbonyl (C=O) groups is 1. The Bertz CT molecular complexity index is 643. The maximum atomic E-state index is 12.9. The molecule has 0 aliphatic carbocycles. The van der Waals surface area contributed by atoms with Crippen LogP contribution in [0.3, 0.4) is 0 Å². The van der Waals surface area contributed by atoms with Crippen molar-refractivity contribution in [3.05, 3.63) is 64.7 Å². The maximum absolute atomic E-state index is 12.9. The van der Waals surface area contributed by atoms with Crippen LogP contribution in [0.4, 0.5) is 14.5 Å². The van der Waals surface area contributed by atoms with Crippen molar-refractivity contribution >= 4 is 23.2 Å². The second-order valence-corrected chi connectivity index (χ2v) is 5.24. The van der Waals surface area contributed by atoms with E-state index in [0.717, 1.165) is 11.6 Å². The second-order valence-electron chi connectivity index (χ2n) is 4.83. The van der Waals surface area contributed by atoms with Gasteiger partial charge < -0.3 is 5.32 Å². The minimum absolute atomic E-state index is 0.0650. The molecule has 1 amide bonds. The Morgan fingerprint density at radius 3 is 2.38 bits per heavy atom. The summed E-state index contributed by atoms with van der Waals surface area (Å²) in [4.78, 5) is 12.0. The van der Waals surface area contributed by atoms with Crippen molar-refractivity contribution in [1.82, 2.24) is 0 Å². The number of anilines is 1. The van der Waals surface area contributed by atoms with Crippen molar-refractivity contribution in [3.8, 4) is 0 Å². The van der Waals surface area contributed by atoms with Gasteiger partial charge in [0.25, 0.3) is 0 Å². The Balaban J connectivity index is 1.99. The highest BCUT2D eigenvalue weighted by molar-refractivity contribution is 6.33. The van der Waals surface area contributed by atoms with E-state index in [2.05, 4.69) is 5.32 Å². The zero-order valence-electron chi connectivity index (χ0n) is 11.4. The van der Waals surface area contributed by atoms with Crippen molar-refractivity contribution < 1.29 is 13.6 Å². The number of hydrogen-bond donors (Lipinski definition) is 1. The quantitative estimate of drug-likeness (QED) is 0.867. The van der Waals surface area contributed by atoms with E-state index in [9.17, 15) is 13.6 Å². The highest BCUT2D eigenvalue weighted by Gasteiger charge is 2.13. The van der Waals surface area contributed by atoms with E-state index in [1.54, 1.807) is 12.1 Å². The average Bonchev–Trinajstić information content (AvgIpc) is 2.42. The van der Waals surface area contributed by atoms with Crippen LogP contribution in [0.2, 0.25) is 5.02 Å². The predicted molar refractivity (Wildman–Crippen MR) is 79.5 cm³/mol. The summed E-state index contributed by atoms with van der Waals surface area (Å²) < 4.78 is 25.8. The van der Waals surface area contributed by atoms with Gasteiger partial charge in [0.05, 0.1) is 10.7 Å². The summed E-state index contributed by atoms with van der Waals surface area (Å²) in [6.45, 7) is 1.87. The van der Waals surface area contributed by atoms with Crippen LogP contribution in [-0.4, -0.2) is 5.91 Å². The Morgan fingerprint density at radius 2 is 1.76 bits per heavy atom. The van der Waals surface area contributed by atoms with Crippen molar-refractivity contribution in [3.63, 3.8) is 0 Å². The summed E-state index contributed by atoms with van der Waals surface area (Å²) in [5.41, 5.74) is 1.24. The molecule has 0 saturated carbocycles.